The standard InChI is InChI=1S/C5H13O4PSi/c6-10(7,8)5(11)3-1-2-4-9-5/h1-4H2,11H3,(H2,6,7,8). The third-order valence-corrected chi connectivity index (χ3v) is 6.19. The summed E-state index contributed by atoms with van der Waals surface area (Å²) >= 11 is 0. The maximum absolute atomic E-state index is 10.9. The minimum absolute atomic E-state index is 0.404. The molecule has 0 aromatic heterocycles. The molecule has 1 rings (SSSR count). The van der Waals surface area contributed by atoms with Gasteiger partial charge in [-0.05, 0) is 19.3 Å². The van der Waals surface area contributed by atoms with Gasteiger partial charge in [-0.25, -0.2) is 0 Å². The van der Waals surface area contributed by atoms with Crippen molar-refractivity contribution in [3.05, 3.63) is 0 Å². The Morgan fingerprint density at radius 2 is 2.09 bits per heavy atom. The highest BCUT2D eigenvalue weighted by molar-refractivity contribution is 7.55. The second-order valence-electron chi connectivity index (χ2n) is 3.02. The number of ether oxygens (including phenoxy) is 1. The Labute approximate surface area is 68.5 Å². The zero-order valence-corrected chi connectivity index (χ0v) is 9.38. The van der Waals surface area contributed by atoms with Crippen molar-refractivity contribution < 1.29 is 19.1 Å². The summed E-state index contributed by atoms with van der Waals surface area (Å²) in [6, 6.07) is 0. The van der Waals surface area contributed by atoms with Crippen LogP contribution in [-0.4, -0.2) is 31.6 Å². The van der Waals surface area contributed by atoms with Gasteiger partial charge in [0, 0.05) is 6.61 Å². The molecule has 1 unspecified atom stereocenters. The van der Waals surface area contributed by atoms with Crippen molar-refractivity contribution in [3.63, 3.8) is 0 Å². The maximum Gasteiger partial charge on any atom is 0.352 e. The molecule has 6 heteroatoms. The van der Waals surface area contributed by atoms with E-state index in [1.165, 1.54) is 0 Å². The van der Waals surface area contributed by atoms with E-state index in [2.05, 4.69) is 0 Å². The van der Waals surface area contributed by atoms with Crippen molar-refractivity contribution in [2.75, 3.05) is 6.61 Å². The fourth-order valence-electron chi connectivity index (χ4n) is 1.15. The van der Waals surface area contributed by atoms with Gasteiger partial charge in [0.05, 0.1) is 10.2 Å². The average molecular weight is 196 g/mol. The Morgan fingerprint density at radius 1 is 1.45 bits per heavy atom. The lowest BCUT2D eigenvalue weighted by atomic mass is 10.2. The normalized spacial score (nSPS) is 34.0. The van der Waals surface area contributed by atoms with E-state index in [9.17, 15) is 4.57 Å². The van der Waals surface area contributed by atoms with Crippen LogP contribution >= 0.6 is 7.60 Å². The predicted octanol–water partition coefficient (Wildman–Crippen LogP) is -0.616. The lowest BCUT2D eigenvalue weighted by Gasteiger charge is -2.34. The Hall–Kier alpha value is 0.327. The minimum atomic E-state index is -4.01. The molecule has 1 saturated heterocycles. The predicted molar refractivity (Wildman–Crippen MR) is 44.5 cm³/mol. The van der Waals surface area contributed by atoms with Crippen LogP contribution in [0.4, 0.5) is 0 Å². The average Bonchev–Trinajstić information content (AvgIpc) is 1.87. The molecule has 0 radical (unpaired) electrons. The molecule has 4 nitrogen and oxygen atoms in total. The Kier molecular flexibility index (Phi) is 2.56. The number of rotatable bonds is 1. The van der Waals surface area contributed by atoms with Crippen LogP contribution in [0.5, 0.6) is 0 Å². The van der Waals surface area contributed by atoms with Crippen molar-refractivity contribution in [3.8, 4) is 0 Å². The van der Waals surface area contributed by atoms with E-state index < -0.39 is 12.6 Å². The Bertz CT molecular complexity index is 183. The molecule has 0 aliphatic carbocycles. The first-order chi connectivity index (χ1) is 4.96. The van der Waals surface area contributed by atoms with Crippen LogP contribution in [0.1, 0.15) is 19.3 Å². The molecular formula is C5H13O4PSi. The molecule has 2 N–H and O–H groups in total. The second kappa shape index (κ2) is 2.99. The topological polar surface area (TPSA) is 66.8 Å². The van der Waals surface area contributed by atoms with E-state index in [1.54, 1.807) is 0 Å². The second-order valence-corrected chi connectivity index (χ2v) is 7.52. The molecule has 0 aromatic carbocycles. The molecule has 11 heavy (non-hydrogen) atoms. The van der Waals surface area contributed by atoms with E-state index in [0.29, 0.717) is 23.3 Å². The first kappa shape index (κ1) is 9.42. The van der Waals surface area contributed by atoms with Crippen LogP contribution in [0.2, 0.25) is 0 Å². The molecule has 0 aromatic rings. The van der Waals surface area contributed by atoms with Gasteiger partial charge in [0.25, 0.3) is 0 Å². The Balaban J connectivity index is 2.72. The minimum Gasteiger partial charge on any atom is -0.367 e. The van der Waals surface area contributed by atoms with Crippen LogP contribution in [0.15, 0.2) is 0 Å². The molecule has 0 spiro atoms. The third-order valence-electron chi connectivity index (χ3n) is 2.06. The fourth-order valence-corrected chi connectivity index (χ4v) is 2.42. The SMILES string of the molecule is O=P(O)(O)C1([SiH3])CCCCO1. The van der Waals surface area contributed by atoms with E-state index >= 15 is 0 Å². The van der Waals surface area contributed by atoms with Gasteiger partial charge < -0.3 is 14.5 Å². The van der Waals surface area contributed by atoms with Crippen LogP contribution < -0.4 is 0 Å². The van der Waals surface area contributed by atoms with Crippen LogP contribution in [0.25, 0.3) is 0 Å². The largest absolute Gasteiger partial charge is 0.367 e. The molecule has 1 aliphatic rings. The fraction of sp³-hybridized carbons (Fsp3) is 1.00. The monoisotopic (exact) mass is 196 g/mol. The van der Waals surface area contributed by atoms with Crippen LogP contribution in [0, 0.1) is 0 Å². The van der Waals surface area contributed by atoms with E-state index in [0.717, 1.165) is 12.8 Å². The number of hydrogen-bond acceptors (Lipinski definition) is 2. The highest BCUT2D eigenvalue weighted by atomic mass is 31.2. The molecule has 0 amide bonds. The molecule has 1 aliphatic heterocycles. The molecule has 1 atom stereocenters. The van der Waals surface area contributed by atoms with E-state index in [-0.39, 0.29) is 0 Å². The lowest BCUT2D eigenvalue weighted by Crippen LogP contribution is -2.36. The summed E-state index contributed by atoms with van der Waals surface area (Å²) in [6.45, 7) is 0.495. The summed E-state index contributed by atoms with van der Waals surface area (Å²) in [5.74, 6) is 0. The van der Waals surface area contributed by atoms with Crippen molar-refractivity contribution in [1.82, 2.24) is 0 Å². The zero-order chi connectivity index (χ0) is 8.54. The quantitative estimate of drug-likeness (QED) is 0.433. The third kappa shape index (κ3) is 1.92. The molecular weight excluding hydrogens is 183 g/mol. The zero-order valence-electron chi connectivity index (χ0n) is 6.49. The van der Waals surface area contributed by atoms with Crippen molar-refractivity contribution in [1.29, 1.82) is 0 Å². The molecule has 0 bridgehead atoms. The number of hydrogen-bond donors (Lipinski definition) is 2. The summed E-state index contributed by atoms with van der Waals surface area (Å²) in [6.07, 6.45) is 2.31. The highest BCUT2D eigenvalue weighted by Gasteiger charge is 2.44. The lowest BCUT2D eigenvalue weighted by molar-refractivity contribution is 0.0202. The molecule has 0 saturated carbocycles. The summed E-state index contributed by atoms with van der Waals surface area (Å²) in [7, 11) is -3.61. The molecule has 66 valence electrons. The Morgan fingerprint density at radius 3 is 2.36 bits per heavy atom. The van der Waals surface area contributed by atoms with Gasteiger partial charge in [0.15, 0.2) is 0 Å². The van der Waals surface area contributed by atoms with Gasteiger partial charge in [-0.1, -0.05) is 0 Å². The van der Waals surface area contributed by atoms with Crippen molar-refractivity contribution in [2.24, 2.45) is 0 Å². The summed E-state index contributed by atoms with van der Waals surface area (Å²) in [4.78, 5) is 16.8. The maximum atomic E-state index is 10.9. The summed E-state index contributed by atoms with van der Waals surface area (Å²) in [5.41, 5.74) is 0. The van der Waals surface area contributed by atoms with Crippen molar-refractivity contribution >= 4 is 17.8 Å². The van der Waals surface area contributed by atoms with Crippen LogP contribution in [0.3, 0.4) is 0 Å². The van der Waals surface area contributed by atoms with Gasteiger partial charge >= 0.3 is 7.60 Å². The molecule has 1 heterocycles. The summed E-state index contributed by atoms with van der Waals surface area (Å²) < 4.78 is 16.0. The van der Waals surface area contributed by atoms with Crippen molar-refractivity contribution in [2.45, 2.75) is 24.2 Å². The summed E-state index contributed by atoms with van der Waals surface area (Å²) in [5, 5.41) is 0. The van der Waals surface area contributed by atoms with Gasteiger partial charge in [0.2, 0.25) is 0 Å². The smallest absolute Gasteiger partial charge is 0.352 e. The van der Waals surface area contributed by atoms with Gasteiger partial charge in [-0.2, -0.15) is 0 Å². The van der Waals surface area contributed by atoms with Gasteiger partial charge in [-0.3, -0.25) is 4.57 Å². The van der Waals surface area contributed by atoms with E-state index in [1.807, 2.05) is 0 Å². The first-order valence-electron chi connectivity index (χ1n) is 3.65. The highest BCUT2D eigenvalue weighted by Crippen LogP contribution is 2.53. The van der Waals surface area contributed by atoms with Crippen LogP contribution in [-0.2, 0) is 9.30 Å². The molecule has 1 fully saturated rings. The first-order valence-corrected chi connectivity index (χ1v) is 6.26. The van der Waals surface area contributed by atoms with E-state index in [4.69, 9.17) is 14.5 Å². The van der Waals surface area contributed by atoms with Gasteiger partial charge in [0.1, 0.15) is 4.97 Å². The van der Waals surface area contributed by atoms with Gasteiger partial charge in [-0.15, -0.1) is 0 Å².